The average Bonchev–Trinajstić information content (AvgIpc) is 3.37. The van der Waals surface area contributed by atoms with Crippen LogP contribution in [0.25, 0.3) is 10.9 Å². The molecule has 0 bridgehead atoms. The summed E-state index contributed by atoms with van der Waals surface area (Å²) in [6.07, 6.45) is 2.13. The molecule has 1 fully saturated rings. The summed E-state index contributed by atoms with van der Waals surface area (Å²) < 4.78 is 18.6. The van der Waals surface area contributed by atoms with E-state index in [0.717, 1.165) is 28.6 Å². The molecule has 5 rings (SSSR count). The van der Waals surface area contributed by atoms with Crippen LogP contribution in [0.15, 0.2) is 79.0 Å². The Balaban J connectivity index is 1.50. The van der Waals surface area contributed by atoms with Gasteiger partial charge in [0.05, 0.1) is 20.8 Å². The molecule has 0 aliphatic carbocycles. The maximum atomic E-state index is 13.8. The van der Waals surface area contributed by atoms with E-state index in [0.29, 0.717) is 44.3 Å². The van der Waals surface area contributed by atoms with Crippen LogP contribution in [0.1, 0.15) is 36.0 Å². The molecule has 1 unspecified atom stereocenters. The van der Waals surface area contributed by atoms with Crippen LogP contribution >= 0.6 is 0 Å². The number of hydrogen-bond acceptors (Lipinski definition) is 5. The number of carbonyl (C=O) groups is 2. The van der Waals surface area contributed by atoms with E-state index in [1.54, 1.807) is 26.0 Å². The third kappa shape index (κ3) is 6.32. The normalized spacial score (nSPS) is 14.1. The molecule has 1 aliphatic rings. The highest BCUT2D eigenvalue weighted by Gasteiger charge is 2.29. The lowest BCUT2D eigenvalue weighted by atomic mass is 9.87. The van der Waals surface area contributed by atoms with Gasteiger partial charge >= 0.3 is 6.09 Å². The number of para-hydroxylation sites is 1. The van der Waals surface area contributed by atoms with E-state index in [1.807, 2.05) is 53.4 Å². The standard InChI is InChI=1S/C33H37N3O5/c1-4-41-33(38)35-16-14-34(15-17-35)32(37)21-29(25-18-26(39-2)20-27(19-25)40-3)30-23-36(22-24-10-6-5-7-11-24)31-13-9-8-12-28(30)31/h5-13,18-20,23,29H,4,14-17,21-22H2,1-3H3. The van der Waals surface area contributed by atoms with Crippen LogP contribution in [0.5, 0.6) is 11.5 Å². The van der Waals surface area contributed by atoms with Gasteiger partial charge in [-0.15, -0.1) is 0 Å². The SMILES string of the molecule is CCOC(=O)N1CCN(C(=O)CC(c2cc(OC)cc(OC)c2)c2cn(Cc3ccccc3)c3ccccc23)CC1. The van der Waals surface area contributed by atoms with Gasteiger partial charge in [0.1, 0.15) is 11.5 Å². The third-order valence-electron chi connectivity index (χ3n) is 7.70. The number of aromatic nitrogens is 1. The Morgan fingerprint density at radius 3 is 2.12 bits per heavy atom. The Bertz CT molecular complexity index is 1470. The number of benzene rings is 3. The van der Waals surface area contributed by atoms with Gasteiger partial charge in [-0.1, -0.05) is 48.5 Å². The second-order valence-electron chi connectivity index (χ2n) is 10.2. The van der Waals surface area contributed by atoms with Crippen molar-refractivity contribution in [2.24, 2.45) is 0 Å². The average molecular weight is 556 g/mol. The van der Waals surface area contributed by atoms with E-state index in [-0.39, 0.29) is 24.3 Å². The Kier molecular flexibility index (Phi) is 8.77. The predicted octanol–water partition coefficient (Wildman–Crippen LogP) is 5.53. The number of methoxy groups -OCH3 is 2. The lowest BCUT2D eigenvalue weighted by molar-refractivity contribution is -0.133. The fraction of sp³-hybridized carbons (Fsp3) is 0.333. The molecule has 0 N–H and O–H groups in total. The third-order valence-corrected chi connectivity index (χ3v) is 7.70. The lowest BCUT2D eigenvalue weighted by Gasteiger charge is -2.34. The first-order valence-corrected chi connectivity index (χ1v) is 14.0. The first kappa shape index (κ1) is 28.1. The summed E-state index contributed by atoms with van der Waals surface area (Å²) in [7, 11) is 3.26. The summed E-state index contributed by atoms with van der Waals surface area (Å²) in [5.41, 5.74) is 4.34. The highest BCUT2D eigenvalue weighted by atomic mass is 16.6. The molecule has 8 heteroatoms. The van der Waals surface area contributed by atoms with E-state index in [4.69, 9.17) is 14.2 Å². The van der Waals surface area contributed by atoms with Gasteiger partial charge in [0.25, 0.3) is 0 Å². The molecule has 4 aromatic rings. The van der Waals surface area contributed by atoms with Crippen molar-refractivity contribution < 1.29 is 23.8 Å². The summed E-state index contributed by atoms with van der Waals surface area (Å²) in [4.78, 5) is 29.5. The molecule has 1 aromatic heterocycles. The van der Waals surface area contributed by atoms with E-state index >= 15 is 0 Å². The van der Waals surface area contributed by atoms with Crippen LogP contribution in [-0.2, 0) is 16.1 Å². The van der Waals surface area contributed by atoms with Crippen molar-refractivity contribution in [1.82, 2.24) is 14.4 Å². The highest BCUT2D eigenvalue weighted by molar-refractivity contribution is 5.87. The number of fused-ring (bicyclic) bond motifs is 1. The fourth-order valence-electron chi connectivity index (χ4n) is 5.56. The smallest absolute Gasteiger partial charge is 0.409 e. The highest BCUT2D eigenvalue weighted by Crippen LogP contribution is 2.38. The minimum absolute atomic E-state index is 0.0418. The predicted molar refractivity (Wildman–Crippen MR) is 159 cm³/mol. The minimum atomic E-state index is -0.327. The molecule has 0 spiro atoms. The Hall–Kier alpha value is -4.46. The van der Waals surface area contributed by atoms with E-state index in [1.165, 1.54) is 5.56 Å². The van der Waals surface area contributed by atoms with Crippen LogP contribution < -0.4 is 9.47 Å². The van der Waals surface area contributed by atoms with Crippen molar-refractivity contribution in [3.63, 3.8) is 0 Å². The largest absolute Gasteiger partial charge is 0.497 e. The van der Waals surface area contributed by atoms with Crippen molar-refractivity contribution in [2.45, 2.75) is 25.8 Å². The number of carbonyl (C=O) groups excluding carboxylic acids is 2. The number of rotatable bonds is 9. The molecule has 8 nitrogen and oxygen atoms in total. The molecule has 1 saturated heterocycles. The number of amides is 2. The summed E-state index contributed by atoms with van der Waals surface area (Å²) in [6, 6.07) is 24.5. The fourth-order valence-corrected chi connectivity index (χ4v) is 5.56. The molecular weight excluding hydrogens is 518 g/mol. The van der Waals surface area contributed by atoms with E-state index < -0.39 is 0 Å². The molecular formula is C33H37N3O5. The maximum Gasteiger partial charge on any atom is 0.409 e. The molecule has 3 aromatic carbocycles. The molecule has 214 valence electrons. The summed E-state index contributed by atoms with van der Waals surface area (Å²) in [5.74, 6) is 1.15. The van der Waals surface area contributed by atoms with Crippen LogP contribution in [-0.4, -0.2) is 73.4 Å². The van der Waals surface area contributed by atoms with Crippen LogP contribution in [0, 0.1) is 0 Å². The number of ether oxygens (including phenoxy) is 3. The molecule has 1 atom stereocenters. The molecule has 0 saturated carbocycles. The zero-order chi connectivity index (χ0) is 28.8. The van der Waals surface area contributed by atoms with Gasteiger partial charge in [0.15, 0.2) is 0 Å². The van der Waals surface area contributed by atoms with Crippen LogP contribution in [0.3, 0.4) is 0 Å². The minimum Gasteiger partial charge on any atom is -0.497 e. The van der Waals surface area contributed by atoms with Crippen molar-refractivity contribution in [3.8, 4) is 11.5 Å². The number of piperazine rings is 1. The molecule has 1 aliphatic heterocycles. The summed E-state index contributed by atoms with van der Waals surface area (Å²) in [5, 5.41) is 1.11. The lowest BCUT2D eigenvalue weighted by Crippen LogP contribution is -2.50. The maximum absolute atomic E-state index is 13.8. The van der Waals surface area contributed by atoms with Crippen molar-refractivity contribution in [1.29, 1.82) is 0 Å². The zero-order valence-electron chi connectivity index (χ0n) is 23.9. The van der Waals surface area contributed by atoms with Gasteiger partial charge in [-0.05, 0) is 41.8 Å². The van der Waals surface area contributed by atoms with Gasteiger partial charge < -0.3 is 28.6 Å². The first-order valence-electron chi connectivity index (χ1n) is 14.0. The number of hydrogen-bond donors (Lipinski definition) is 0. The first-order chi connectivity index (χ1) is 20.0. The Labute approximate surface area is 241 Å². The van der Waals surface area contributed by atoms with Gasteiger partial charge in [-0.25, -0.2) is 4.79 Å². The quantitative estimate of drug-likeness (QED) is 0.272. The van der Waals surface area contributed by atoms with Crippen molar-refractivity contribution in [2.75, 3.05) is 47.0 Å². The molecule has 0 radical (unpaired) electrons. The molecule has 2 amide bonds. The monoisotopic (exact) mass is 555 g/mol. The second-order valence-corrected chi connectivity index (χ2v) is 10.2. The number of nitrogens with zero attached hydrogens (tertiary/aromatic N) is 3. The van der Waals surface area contributed by atoms with Gasteiger partial charge in [0, 0.05) is 68.2 Å². The van der Waals surface area contributed by atoms with E-state index in [2.05, 4.69) is 35.0 Å². The molecule has 41 heavy (non-hydrogen) atoms. The van der Waals surface area contributed by atoms with Crippen molar-refractivity contribution in [3.05, 3.63) is 95.7 Å². The van der Waals surface area contributed by atoms with E-state index in [9.17, 15) is 9.59 Å². The second kappa shape index (κ2) is 12.8. The summed E-state index contributed by atoms with van der Waals surface area (Å²) >= 11 is 0. The van der Waals surface area contributed by atoms with Crippen LogP contribution in [0.2, 0.25) is 0 Å². The summed E-state index contributed by atoms with van der Waals surface area (Å²) in [6.45, 7) is 4.71. The zero-order valence-corrected chi connectivity index (χ0v) is 23.9. The van der Waals surface area contributed by atoms with Gasteiger partial charge in [-0.2, -0.15) is 0 Å². The molecule has 2 heterocycles. The van der Waals surface area contributed by atoms with Gasteiger partial charge in [0.2, 0.25) is 5.91 Å². The van der Waals surface area contributed by atoms with Gasteiger partial charge in [-0.3, -0.25) is 4.79 Å². The van der Waals surface area contributed by atoms with Crippen LogP contribution in [0.4, 0.5) is 4.79 Å². The Morgan fingerprint density at radius 1 is 0.829 bits per heavy atom. The Morgan fingerprint density at radius 2 is 1.46 bits per heavy atom. The van der Waals surface area contributed by atoms with Crippen molar-refractivity contribution >= 4 is 22.9 Å². The topological polar surface area (TPSA) is 73.2 Å².